The molecule has 0 bridgehead atoms. The van der Waals surface area contributed by atoms with E-state index >= 15 is 0 Å². The minimum atomic E-state index is -3.38. The molecule has 2 aromatic rings. The van der Waals surface area contributed by atoms with Gasteiger partial charge in [-0.25, -0.2) is 18.1 Å². The van der Waals surface area contributed by atoms with Crippen molar-refractivity contribution in [2.75, 3.05) is 11.2 Å². The van der Waals surface area contributed by atoms with E-state index in [1.165, 1.54) is 11.0 Å². The first kappa shape index (κ1) is 19.1. The maximum absolute atomic E-state index is 12.8. The quantitative estimate of drug-likeness (QED) is 0.762. The van der Waals surface area contributed by atoms with Crippen molar-refractivity contribution in [2.45, 2.75) is 25.1 Å². The fourth-order valence-electron chi connectivity index (χ4n) is 2.85. The highest BCUT2D eigenvalue weighted by molar-refractivity contribution is 9.10. The number of hydrogen-bond donors (Lipinski definition) is 1. The molecule has 0 saturated carbocycles. The van der Waals surface area contributed by atoms with Crippen LogP contribution in [0.2, 0.25) is 0 Å². The van der Waals surface area contributed by atoms with Crippen LogP contribution in [0.5, 0.6) is 0 Å². The molecule has 1 heterocycles. The third kappa shape index (κ3) is 3.58. The van der Waals surface area contributed by atoms with Gasteiger partial charge in [-0.15, -0.1) is 0 Å². The summed E-state index contributed by atoms with van der Waals surface area (Å²) in [6.45, 7) is 3.47. The Balaban J connectivity index is 2.06. The van der Waals surface area contributed by atoms with Gasteiger partial charge in [-0.05, 0) is 52.7 Å². The Morgan fingerprint density at radius 3 is 2.81 bits per heavy atom. The number of sulfone groups is 1. The second kappa shape index (κ2) is 7.17. The summed E-state index contributed by atoms with van der Waals surface area (Å²) >= 11 is 9.45. The monoisotopic (exact) mass is 457 g/mol. The second-order valence-corrected chi connectivity index (χ2v) is 9.78. The lowest BCUT2D eigenvalue weighted by molar-refractivity contribution is 0.579. The van der Waals surface area contributed by atoms with E-state index in [2.05, 4.69) is 26.3 Å². The molecule has 2 atom stereocenters. The van der Waals surface area contributed by atoms with Crippen molar-refractivity contribution in [3.05, 3.63) is 62.1 Å². The minimum absolute atomic E-state index is 0.0113. The average molecular weight is 459 g/mol. The molecule has 1 N–H and O–H groups in total. The van der Waals surface area contributed by atoms with Crippen LogP contribution < -0.4 is 11.0 Å². The van der Waals surface area contributed by atoms with Crippen molar-refractivity contribution in [2.24, 2.45) is 0 Å². The summed E-state index contributed by atoms with van der Waals surface area (Å²) in [6.07, 6.45) is 6.03. The van der Waals surface area contributed by atoms with Gasteiger partial charge in [0.1, 0.15) is 11.6 Å². The zero-order chi connectivity index (χ0) is 19.1. The Morgan fingerprint density at radius 2 is 2.12 bits per heavy atom. The maximum Gasteiger partial charge on any atom is 0.279 e. The average Bonchev–Trinajstić information content (AvgIpc) is 2.57. The number of aromatic nitrogens is 2. The highest BCUT2D eigenvalue weighted by Gasteiger charge is 2.31. The molecule has 2 unspecified atom stereocenters. The fraction of sp³-hybridized carbons (Fsp3) is 0.294. The van der Waals surface area contributed by atoms with Gasteiger partial charge in [0.25, 0.3) is 5.56 Å². The van der Waals surface area contributed by atoms with Crippen LogP contribution in [-0.2, 0) is 9.84 Å². The van der Waals surface area contributed by atoms with Gasteiger partial charge in [-0.3, -0.25) is 4.79 Å². The zero-order valence-corrected chi connectivity index (χ0v) is 17.3. The van der Waals surface area contributed by atoms with Crippen molar-refractivity contribution < 1.29 is 8.42 Å². The van der Waals surface area contributed by atoms with Gasteiger partial charge in [0, 0.05) is 15.3 Å². The Kier molecular flexibility index (Phi) is 5.28. The molecule has 1 aliphatic carbocycles. The number of allylic oxidation sites excluding steroid dienone is 2. The van der Waals surface area contributed by atoms with Gasteiger partial charge >= 0.3 is 0 Å². The predicted molar refractivity (Wildman–Crippen MR) is 108 cm³/mol. The molecule has 1 aliphatic rings. The number of aryl methyl sites for hydroxylation is 1. The molecule has 6 nitrogen and oxygen atoms in total. The number of benzene rings is 1. The maximum atomic E-state index is 12.8. The molecular formula is C17H17BrClN3O3S. The first-order chi connectivity index (χ1) is 12.2. The normalized spacial score (nSPS) is 20.2. The third-order valence-corrected chi connectivity index (χ3v) is 7.14. The number of fused-ring (bicyclic) bond motifs is 1. The van der Waals surface area contributed by atoms with Gasteiger partial charge < -0.3 is 5.43 Å². The number of nitrogens with zero attached hydrogens (tertiary/aromatic N) is 2. The molecule has 138 valence electrons. The summed E-state index contributed by atoms with van der Waals surface area (Å²) in [6, 6.07) is 2.95. The molecule has 1 aromatic carbocycles. The van der Waals surface area contributed by atoms with E-state index in [1.54, 1.807) is 31.2 Å². The van der Waals surface area contributed by atoms with E-state index in [4.69, 9.17) is 11.6 Å². The van der Waals surface area contributed by atoms with Crippen molar-refractivity contribution >= 4 is 48.3 Å². The lowest BCUT2D eigenvalue weighted by atomic mass is 10.1. The lowest BCUT2D eigenvalue weighted by Gasteiger charge is -2.26. The third-order valence-electron chi connectivity index (χ3n) is 4.20. The molecular weight excluding hydrogens is 442 g/mol. The van der Waals surface area contributed by atoms with Crippen LogP contribution in [0.1, 0.15) is 12.5 Å². The number of hydrogen-bond acceptors (Lipinski definition) is 5. The molecule has 3 rings (SSSR count). The largest absolute Gasteiger partial charge is 0.313 e. The van der Waals surface area contributed by atoms with Crippen LogP contribution in [0.25, 0.3) is 10.9 Å². The molecule has 26 heavy (non-hydrogen) atoms. The summed E-state index contributed by atoms with van der Waals surface area (Å²) in [5, 5.41) is 0.0236. The smallest absolute Gasteiger partial charge is 0.279 e. The van der Waals surface area contributed by atoms with E-state index in [0.29, 0.717) is 15.9 Å². The van der Waals surface area contributed by atoms with E-state index < -0.39 is 21.1 Å². The molecule has 1 aromatic heterocycles. The van der Waals surface area contributed by atoms with Gasteiger partial charge in [0.05, 0.1) is 16.9 Å². The van der Waals surface area contributed by atoms with Gasteiger partial charge in [0.2, 0.25) is 0 Å². The summed E-state index contributed by atoms with van der Waals surface area (Å²) in [5.74, 6) is -0.0113. The van der Waals surface area contributed by atoms with Crippen LogP contribution in [0.15, 0.2) is 51.0 Å². The van der Waals surface area contributed by atoms with Crippen molar-refractivity contribution in [3.63, 3.8) is 0 Å². The van der Waals surface area contributed by atoms with E-state index in [-0.39, 0.29) is 11.3 Å². The van der Waals surface area contributed by atoms with Gasteiger partial charge in [0.15, 0.2) is 9.84 Å². The zero-order valence-electron chi connectivity index (χ0n) is 14.1. The van der Waals surface area contributed by atoms with Crippen LogP contribution in [0, 0.1) is 6.92 Å². The van der Waals surface area contributed by atoms with E-state index in [9.17, 15) is 13.2 Å². The van der Waals surface area contributed by atoms with Crippen LogP contribution in [-0.4, -0.2) is 35.1 Å². The number of rotatable bonds is 4. The molecule has 9 heteroatoms. The summed E-state index contributed by atoms with van der Waals surface area (Å²) in [7, 11) is -3.38. The Labute approximate surface area is 164 Å². The number of nitrogens with one attached hydrogen (secondary N) is 1. The van der Waals surface area contributed by atoms with E-state index in [1.807, 2.05) is 13.0 Å². The number of halogens is 2. The highest BCUT2D eigenvalue weighted by atomic mass is 79.9. The topological polar surface area (TPSA) is 81.1 Å². The van der Waals surface area contributed by atoms with Crippen LogP contribution in [0.3, 0.4) is 0 Å². The van der Waals surface area contributed by atoms with Crippen LogP contribution >= 0.6 is 27.5 Å². The Hall–Kier alpha value is -1.64. The first-order valence-corrected chi connectivity index (χ1v) is 10.8. The van der Waals surface area contributed by atoms with Crippen molar-refractivity contribution in [1.29, 1.82) is 0 Å². The fourth-order valence-corrected chi connectivity index (χ4v) is 5.03. The molecule has 0 saturated heterocycles. The Morgan fingerprint density at radius 1 is 1.38 bits per heavy atom. The summed E-state index contributed by atoms with van der Waals surface area (Å²) in [5.41, 5.74) is 4.08. The van der Waals surface area contributed by atoms with E-state index in [0.717, 1.165) is 10.0 Å². The van der Waals surface area contributed by atoms with Crippen molar-refractivity contribution in [1.82, 2.24) is 9.66 Å². The molecule has 0 aliphatic heterocycles. The first-order valence-electron chi connectivity index (χ1n) is 7.94. The molecule has 0 radical (unpaired) electrons. The van der Waals surface area contributed by atoms with Crippen molar-refractivity contribution in [3.8, 4) is 0 Å². The molecule has 0 fully saturated rings. The molecule has 0 spiro atoms. The summed E-state index contributed by atoms with van der Waals surface area (Å²) in [4.78, 5) is 17.1. The standard InChI is InChI=1S/C17H17BrClN3O3S/c1-3-26(24,25)15-5-4-11(19)8-14(15)21-22-9-20-16-12(17(22)23)6-10(2)7-13(16)18/h4-9,14-15,21H,3H2,1-2H3. The molecule has 0 amide bonds. The summed E-state index contributed by atoms with van der Waals surface area (Å²) < 4.78 is 26.7. The van der Waals surface area contributed by atoms with Gasteiger partial charge in [-0.1, -0.05) is 24.6 Å². The van der Waals surface area contributed by atoms with Crippen LogP contribution in [0.4, 0.5) is 0 Å². The van der Waals surface area contributed by atoms with Gasteiger partial charge in [-0.2, -0.15) is 0 Å². The highest BCUT2D eigenvalue weighted by Crippen LogP contribution is 2.23. The second-order valence-electron chi connectivity index (χ2n) is 6.04. The predicted octanol–water partition coefficient (Wildman–Crippen LogP) is 2.88. The lowest BCUT2D eigenvalue weighted by Crippen LogP contribution is -2.45. The SMILES string of the molecule is CCS(=O)(=O)C1C=CC(Cl)=CC1Nn1cnc2c(Br)cc(C)cc2c1=O. The minimum Gasteiger partial charge on any atom is -0.313 e. The Bertz CT molecular complexity index is 1090.